The Balaban J connectivity index is 2.10. The lowest BCUT2D eigenvalue weighted by molar-refractivity contribution is -0.119. The molecule has 108 valence electrons. The molecule has 2 rings (SSSR count). The van der Waals surface area contributed by atoms with Crippen LogP contribution >= 0.6 is 0 Å². The van der Waals surface area contributed by atoms with Gasteiger partial charge in [0.1, 0.15) is 0 Å². The molecule has 0 atom stereocenters. The minimum Gasteiger partial charge on any atom is -0.478 e. The van der Waals surface area contributed by atoms with E-state index in [0.29, 0.717) is 18.7 Å². The smallest absolute Gasteiger partial charge is 0.337 e. The van der Waals surface area contributed by atoms with E-state index in [9.17, 15) is 9.59 Å². The molecule has 1 aromatic rings. The average Bonchev–Trinajstić information content (AvgIpc) is 2.36. The Morgan fingerprint density at radius 3 is 2.60 bits per heavy atom. The summed E-state index contributed by atoms with van der Waals surface area (Å²) < 4.78 is 0. The van der Waals surface area contributed by atoms with Crippen molar-refractivity contribution in [2.75, 3.05) is 11.9 Å². The number of carbonyl (C=O) groups excluding carboxylic acids is 1. The zero-order valence-electron chi connectivity index (χ0n) is 11.6. The summed E-state index contributed by atoms with van der Waals surface area (Å²) in [5, 5.41) is 11.9. The maximum absolute atomic E-state index is 12.1. The van der Waals surface area contributed by atoms with Gasteiger partial charge in [0, 0.05) is 6.42 Å². The molecule has 0 radical (unpaired) electrons. The van der Waals surface area contributed by atoms with Crippen molar-refractivity contribution in [3.05, 3.63) is 29.3 Å². The molecule has 1 saturated carbocycles. The van der Waals surface area contributed by atoms with Gasteiger partial charge >= 0.3 is 5.97 Å². The van der Waals surface area contributed by atoms with E-state index in [1.165, 1.54) is 0 Å². The van der Waals surface area contributed by atoms with Crippen molar-refractivity contribution in [1.82, 2.24) is 0 Å². The zero-order valence-corrected chi connectivity index (χ0v) is 11.6. The molecule has 1 aliphatic carbocycles. The molecule has 1 aliphatic rings. The van der Waals surface area contributed by atoms with Crippen LogP contribution < -0.4 is 11.1 Å². The molecular formula is C15H20N2O3. The molecule has 4 N–H and O–H groups in total. The van der Waals surface area contributed by atoms with Crippen LogP contribution in [0.25, 0.3) is 0 Å². The number of amides is 1. The topological polar surface area (TPSA) is 92.4 Å². The Labute approximate surface area is 118 Å². The fourth-order valence-electron chi connectivity index (χ4n) is 2.61. The first-order valence-corrected chi connectivity index (χ1v) is 6.80. The number of benzene rings is 1. The minimum absolute atomic E-state index is 0.0852. The molecular weight excluding hydrogens is 256 g/mol. The molecule has 20 heavy (non-hydrogen) atoms. The maximum Gasteiger partial charge on any atom is 0.337 e. The van der Waals surface area contributed by atoms with Crippen molar-refractivity contribution in [3.63, 3.8) is 0 Å². The van der Waals surface area contributed by atoms with E-state index in [-0.39, 0.29) is 16.9 Å². The number of hydrogen-bond acceptors (Lipinski definition) is 3. The van der Waals surface area contributed by atoms with E-state index in [2.05, 4.69) is 5.32 Å². The summed E-state index contributed by atoms with van der Waals surface area (Å²) in [6, 6.07) is 4.97. The van der Waals surface area contributed by atoms with Gasteiger partial charge in [0.2, 0.25) is 5.91 Å². The first-order chi connectivity index (χ1) is 9.46. The fourth-order valence-corrected chi connectivity index (χ4v) is 2.61. The summed E-state index contributed by atoms with van der Waals surface area (Å²) in [6.45, 7) is 2.32. The normalized spacial score (nSPS) is 16.3. The number of carboxylic acid groups (broad SMARTS) is 1. The number of anilines is 1. The van der Waals surface area contributed by atoms with Gasteiger partial charge in [-0.2, -0.15) is 0 Å². The van der Waals surface area contributed by atoms with E-state index in [0.717, 1.165) is 24.8 Å². The van der Waals surface area contributed by atoms with Crippen LogP contribution in [0.3, 0.4) is 0 Å². The highest BCUT2D eigenvalue weighted by molar-refractivity contribution is 6.00. The summed E-state index contributed by atoms with van der Waals surface area (Å²) in [5.41, 5.74) is 6.96. The van der Waals surface area contributed by atoms with Crippen LogP contribution in [0.15, 0.2) is 18.2 Å². The van der Waals surface area contributed by atoms with E-state index in [4.69, 9.17) is 10.8 Å². The fraction of sp³-hybridized carbons (Fsp3) is 0.467. The van der Waals surface area contributed by atoms with Crippen molar-refractivity contribution < 1.29 is 14.7 Å². The largest absolute Gasteiger partial charge is 0.478 e. The third kappa shape index (κ3) is 2.99. The summed E-state index contributed by atoms with van der Waals surface area (Å²) in [7, 11) is 0. The number of carbonyl (C=O) groups is 2. The van der Waals surface area contributed by atoms with E-state index >= 15 is 0 Å². The predicted molar refractivity (Wildman–Crippen MR) is 76.7 cm³/mol. The van der Waals surface area contributed by atoms with Crippen LogP contribution in [-0.4, -0.2) is 23.5 Å². The van der Waals surface area contributed by atoms with Gasteiger partial charge < -0.3 is 16.2 Å². The van der Waals surface area contributed by atoms with Crippen LogP contribution in [0.4, 0.5) is 5.69 Å². The molecule has 1 amide bonds. The van der Waals surface area contributed by atoms with Crippen molar-refractivity contribution in [2.45, 2.75) is 32.6 Å². The third-order valence-electron chi connectivity index (χ3n) is 4.06. The first-order valence-electron chi connectivity index (χ1n) is 6.80. The summed E-state index contributed by atoms with van der Waals surface area (Å²) in [6.07, 6.45) is 3.40. The Morgan fingerprint density at radius 1 is 1.40 bits per heavy atom. The van der Waals surface area contributed by atoms with Gasteiger partial charge in [0.05, 0.1) is 11.3 Å². The molecule has 0 saturated heterocycles. The van der Waals surface area contributed by atoms with Gasteiger partial charge in [-0.3, -0.25) is 4.79 Å². The van der Waals surface area contributed by atoms with Crippen LogP contribution in [0.1, 0.15) is 41.6 Å². The predicted octanol–water partition coefficient (Wildman–Crippen LogP) is 2.15. The van der Waals surface area contributed by atoms with Gasteiger partial charge in [-0.25, -0.2) is 4.79 Å². The maximum atomic E-state index is 12.1. The van der Waals surface area contributed by atoms with Gasteiger partial charge in [-0.1, -0.05) is 18.1 Å². The molecule has 0 bridgehead atoms. The van der Waals surface area contributed by atoms with Gasteiger partial charge in [0.25, 0.3) is 0 Å². The van der Waals surface area contributed by atoms with Crippen LogP contribution in [0.5, 0.6) is 0 Å². The molecule has 1 aromatic carbocycles. The van der Waals surface area contributed by atoms with Crippen molar-refractivity contribution in [1.29, 1.82) is 0 Å². The number of rotatable bonds is 5. The van der Waals surface area contributed by atoms with E-state index in [1.807, 2.05) is 6.92 Å². The van der Waals surface area contributed by atoms with Crippen LogP contribution in [0.2, 0.25) is 0 Å². The summed E-state index contributed by atoms with van der Waals surface area (Å²) in [4.78, 5) is 23.3. The summed E-state index contributed by atoms with van der Waals surface area (Å²) >= 11 is 0. The number of aromatic carboxylic acids is 1. The minimum atomic E-state index is -1.04. The Bertz CT molecular complexity index is 530. The zero-order chi connectivity index (χ0) is 14.8. The lowest BCUT2D eigenvalue weighted by Crippen LogP contribution is -2.40. The van der Waals surface area contributed by atoms with Gasteiger partial charge in [-0.05, 0) is 43.9 Å². The quantitative estimate of drug-likeness (QED) is 0.768. The lowest BCUT2D eigenvalue weighted by atomic mass is 9.66. The second kappa shape index (κ2) is 5.63. The monoisotopic (exact) mass is 276 g/mol. The van der Waals surface area contributed by atoms with Crippen molar-refractivity contribution in [3.8, 4) is 0 Å². The Kier molecular flexibility index (Phi) is 4.09. The van der Waals surface area contributed by atoms with Gasteiger partial charge in [-0.15, -0.1) is 0 Å². The highest BCUT2D eigenvalue weighted by Gasteiger charge is 2.37. The molecule has 0 unspecified atom stereocenters. The molecule has 1 fully saturated rings. The second-order valence-corrected chi connectivity index (χ2v) is 5.64. The first kappa shape index (κ1) is 14.5. The van der Waals surface area contributed by atoms with E-state index in [1.54, 1.807) is 18.2 Å². The SMILES string of the molecule is Cc1ccc(NC(=O)CC2(CN)CCC2)c(C(=O)O)c1. The molecule has 5 heteroatoms. The number of aryl methyl sites for hydroxylation is 1. The molecule has 0 heterocycles. The second-order valence-electron chi connectivity index (χ2n) is 5.64. The summed E-state index contributed by atoms with van der Waals surface area (Å²) in [5.74, 6) is -1.21. The number of nitrogens with two attached hydrogens (primary N) is 1. The van der Waals surface area contributed by atoms with Crippen LogP contribution in [0, 0.1) is 12.3 Å². The Hall–Kier alpha value is -1.88. The number of carboxylic acids is 1. The van der Waals surface area contributed by atoms with Gasteiger partial charge in [0.15, 0.2) is 0 Å². The highest BCUT2D eigenvalue weighted by atomic mass is 16.4. The Morgan fingerprint density at radius 2 is 2.10 bits per heavy atom. The third-order valence-corrected chi connectivity index (χ3v) is 4.06. The molecule has 0 aliphatic heterocycles. The standard InChI is InChI=1S/C15H20N2O3/c1-10-3-4-12(11(7-10)14(19)20)17-13(18)8-15(9-16)5-2-6-15/h3-4,7H,2,5-6,8-9,16H2,1H3,(H,17,18)(H,19,20). The molecule has 5 nitrogen and oxygen atoms in total. The number of nitrogens with one attached hydrogen (secondary N) is 1. The number of hydrogen-bond donors (Lipinski definition) is 3. The van der Waals surface area contributed by atoms with Crippen LogP contribution in [-0.2, 0) is 4.79 Å². The van der Waals surface area contributed by atoms with Crippen molar-refractivity contribution in [2.24, 2.45) is 11.1 Å². The lowest BCUT2D eigenvalue weighted by Gasteiger charge is -2.40. The van der Waals surface area contributed by atoms with E-state index < -0.39 is 5.97 Å². The van der Waals surface area contributed by atoms with Crippen molar-refractivity contribution >= 4 is 17.6 Å². The molecule has 0 spiro atoms. The average molecular weight is 276 g/mol. The molecule has 0 aromatic heterocycles. The highest BCUT2D eigenvalue weighted by Crippen LogP contribution is 2.43.